The van der Waals surface area contributed by atoms with E-state index in [1.54, 1.807) is 13.8 Å². The summed E-state index contributed by atoms with van der Waals surface area (Å²) in [6.45, 7) is 3.73. The van der Waals surface area contributed by atoms with Crippen molar-refractivity contribution in [2.75, 3.05) is 18.6 Å². The van der Waals surface area contributed by atoms with Crippen LogP contribution >= 0.6 is 11.8 Å². The Kier molecular flexibility index (Phi) is 12.5. The number of carboxylic acids is 1. The highest BCUT2D eigenvalue weighted by Crippen LogP contribution is 2.05. The molecule has 8 N–H and O–H groups in total. The zero-order valence-electron chi connectivity index (χ0n) is 17.0. The Bertz CT molecular complexity index is 574. The van der Waals surface area contributed by atoms with E-state index >= 15 is 0 Å². The second-order valence-corrected chi connectivity index (χ2v) is 7.91. The van der Waals surface area contributed by atoms with Gasteiger partial charge in [-0.15, -0.1) is 0 Å². The average Bonchev–Trinajstić information content (AvgIpc) is 2.64. The Balaban J connectivity index is 5.11. The number of thioether (sulfide) groups is 1. The number of rotatable bonds is 13. The maximum atomic E-state index is 12.4. The summed E-state index contributed by atoms with van der Waals surface area (Å²) in [4.78, 5) is 48.1. The molecule has 0 aromatic rings. The lowest BCUT2D eigenvalue weighted by molar-refractivity contribution is -0.145. The number of carbonyl (C=O) groups excluding carboxylic acids is 3. The van der Waals surface area contributed by atoms with Crippen molar-refractivity contribution in [3.8, 4) is 0 Å². The molecule has 0 aliphatic heterocycles. The van der Waals surface area contributed by atoms with E-state index in [1.165, 1.54) is 18.7 Å². The highest BCUT2D eigenvalue weighted by Gasteiger charge is 2.33. The summed E-state index contributed by atoms with van der Waals surface area (Å²) >= 11 is 1.51. The van der Waals surface area contributed by atoms with Crippen molar-refractivity contribution in [3.05, 3.63) is 0 Å². The van der Waals surface area contributed by atoms with Crippen molar-refractivity contribution in [2.45, 2.75) is 57.5 Å². The molecule has 5 unspecified atom stereocenters. The number of carboxylic acid groups (broad SMARTS) is 1. The van der Waals surface area contributed by atoms with Crippen LogP contribution in [0.4, 0.5) is 0 Å². The number of hydrogen-bond acceptors (Lipinski definition) is 8. The van der Waals surface area contributed by atoms with Crippen molar-refractivity contribution in [1.29, 1.82) is 0 Å². The van der Waals surface area contributed by atoms with Crippen LogP contribution in [0, 0.1) is 5.92 Å². The van der Waals surface area contributed by atoms with Gasteiger partial charge in [-0.3, -0.25) is 14.4 Å². The molecule has 0 saturated heterocycles. The predicted octanol–water partition coefficient (Wildman–Crippen LogP) is -2.37. The van der Waals surface area contributed by atoms with Gasteiger partial charge in [-0.05, 0) is 31.3 Å². The first-order valence-electron chi connectivity index (χ1n) is 9.13. The highest BCUT2D eigenvalue weighted by molar-refractivity contribution is 7.98. The lowest BCUT2D eigenvalue weighted by atomic mass is 10.0. The molecule has 0 fully saturated rings. The quantitative estimate of drug-likeness (QED) is 0.165. The van der Waals surface area contributed by atoms with Crippen molar-refractivity contribution in [2.24, 2.45) is 11.7 Å². The molecule has 0 aromatic heterocycles. The van der Waals surface area contributed by atoms with Gasteiger partial charge in [-0.2, -0.15) is 11.8 Å². The first-order chi connectivity index (χ1) is 13.5. The topological polar surface area (TPSA) is 191 Å². The summed E-state index contributed by atoms with van der Waals surface area (Å²) in [6.07, 6.45) is 0.893. The van der Waals surface area contributed by atoms with Crippen LogP contribution in [0.3, 0.4) is 0 Å². The number of nitrogens with two attached hydrogens (primary N) is 1. The van der Waals surface area contributed by atoms with E-state index in [4.69, 9.17) is 10.8 Å². The highest BCUT2D eigenvalue weighted by atomic mass is 32.2. The van der Waals surface area contributed by atoms with E-state index in [9.17, 15) is 29.4 Å². The van der Waals surface area contributed by atoms with Crippen LogP contribution in [-0.2, 0) is 19.2 Å². The van der Waals surface area contributed by atoms with Gasteiger partial charge in [0.2, 0.25) is 17.7 Å². The molecular weight excluding hydrogens is 404 g/mol. The van der Waals surface area contributed by atoms with Crippen LogP contribution < -0.4 is 21.7 Å². The normalized spacial score (nSPS) is 16.3. The van der Waals surface area contributed by atoms with Crippen LogP contribution in [0.1, 0.15) is 27.2 Å². The fraction of sp³-hybridized carbons (Fsp3) is 0.765. The first kappa shape index (κ1) is 27.1. The summed E-state index contributed by atoms with van der Waals surface area (Å²) in [5, 5.41) is 34.9. The average molecular weight is 437 g/mol. The van der Waals surface area contributed by atoms with Crippen LogP contribution in [-0.4, -0.2) is 87.9 Å². The van der Waals surface area contributed by atoms with E-state index in [0.29, 0.717) is 12.2 Å². The Hall–Kier alpha value is -1.89. The molecule has 12 heteroatoms. The lowest BCUT2D eigenvalue weighted by Crippen LogP contribution is -2.60. The Labute approximate surface area is 174 Å². The van der Waals surface area contributed by atoms with Gasteiger partial charge >= 0.3 is 5.97 Å². The summed E-state index contributed by atoms with van der Waals surface area (Å²) in [5.41, 5.74) is 5.73. The Morgan fingerprint density at radius 1 is 0.966 bits per heavy atom. The molecule has 0 saturated carbocycles. The number of carbonyl (C=O) groups is 4. The second kappa shape index (κ2) is 13.4. The van der Waals surface area contributed by atoms with E-state index in [2.05, 4.69) is 16.0 Å². The van der Waals surface area contributed by atoms with Crippen LogP contribution in [0.25, 0.3) is 0 Å². The number of aliphatic carboxylic acids is 1. The molecule has 0 spiro atoms. The van der Waals surface area contributed by atoms with E-state index in [-0.39, 0.29) is 0 Å². The van der Waals surface area contributed by atoms with Gasteiger partial charge in [0.05, 0.1) is 18.8 Å². The van der Waals surface area contributed by atoms with Gasteiger partial charge in [0.15, 0.2) is 6.04 Å². The fourth-order valence-electron chi connectivity index (χ4n) is 2.27. The number of nitrogens with one attached hydrogen (secondary N) is 3. The minimum absolute atomic E-state index is 0.389. The standard InChI is InChI=1S/C17H32N4O7S/c1-8(2)12(16(26)21-13(9(3)23)17(27)28)20-15(25)11(7-22)19-14(24)10(18)5-6-29-4/h8-13,22-23H,5-7,18H2,1-4H3,(H,19,24)(H,20,25)(H,21,26)(H,27,28). The van der Waals surface area contributed by atoms with Gasteiger partial charge < -0.3 is 37.0 Å². The van der Waals surface area contributed by atoms with Gasteiger partial charge in [0, 0.05) is 0 Å². The zero-order chi connectivity index (χ0) is 22.7. The SMILES string of the molecule is CSCCC(N)C(=O)NC(CO)C(=O)NC(C(=O)NC(C(=O)O)C(C)O)C(C)C. The molecule has 0 aliphatic carbocycles. The molecular formula is C17H32N4O7S. The minimum Gasteiger partial charge on any atom is -0.480 e. The molecule has 0 heterocycles. The second-order valence-electron chi connectivity index (χ2n) is 6.93. The van der Waals surface area contributed by atoms with Crippen molar-refractivity contribution < 1.29 is 34.5 Å². The van der Waals surface area contributed by atoms with Gasteiger partial charge in [0.1, 0.15) is 12.1 Å². The van der Waals surface area contributed by atoms with Crippen LogP contribution in [0.15, 0.2) is 0 Å². The smallest absolute Gasteiger partial charge is 0.328 e. The molecule has 0 radical (unpaired) electrons. The third kappa shape index (κ3) is 9.43. The molecule has 3 amide bonds. The largest absolute Gasteiger partial charge is 0.480 e. The summed E-state index contributed by atoms with van der Waals surface area (Å²) in [7, 11) is 0. The molecule has 0 aliphatic rings. The summed E-state index contributed by atoms with van der Waals surface area (Å²) < 4.78 is 0. The van der Waals surface area contributed by atoms with Crippen LogP contribution in [0.5, 0.6) is 0 Å². The number of aliphatic hydroxyl groups excluding tert-OH is 2. The zero-order valence-corrected chi connectivity index (χ0v) is 17.9. The Morgan fingerprint density at radius 2 is 1.52 bits per heavy atom. The van der Waals surface area contributed by atoms with Gasteiger partial charge in [-0.25, -0.2) is 4.79 Å². The Morgan fingerprint density at radius 3 is 1.93 bits per heavy atom. The van der Waals surface area contributed by atoms with Crippen molar-refractivity contribution in [1.82, 2.24) is 16.0 Å². The predicted molar refractivity (Wildman–Crippen MR) is 108 cm³/mol. The van der Waals surface area contributed by atoms with Crippen molar-refractivity contribution in [3.63, 3.8) is 0 Å². The van der Waals surface area contributed by atoms with E-state index in [0.717, 1.165) is 0 Å². The summed E-state index contributed by atoms with van der Waals surface area (Å²) in [6, 6.07) is -4.89. The third-order valence-electron chi connectivity index (χ3n) is 4.08. The van der Waals surface area contributed by atoms with E-state index in [1.807, 2.05) is 6.26 Å². The number of amides is 3. The molecule has 5 atom stereocenters. The molecule has 11 nitrogen and oxygen atoms in total. The maximum absolute atomic E-state index is 12.4. The van der Waals surface area contributed by atoms with Crippen molar-refractivity contribution >= 4 is 35.5 Å². The minimum atomic E-state index is -1.55. The van der Waals surface area contributed by atoms with Gasteiger partial charge in [0.25, 0.3) is 0 Å². The molecule has 0 aromatic carbocycles. The van der Waals surface area contributed by atoms with Gasteiger partial charge in [-0.1, -0.05) is 13.8 Å². The maximum Gasteiger partial charge on any atom is 0.328 e. The lowest BCUT2D eigenvalue weighted by Gasteiger charge is -2.27. The third-order valence-corrected chi connectivity index (χ3v) is 4.72. The molecule has 0 bridgehead atoms. The fourth-order valence-corrected chi connectivity index (χ4v) is 2.76. The molecule has 168 valence electrons. The number of aliphatic hydroxyl groups is 2. The first-order valence-corrected chi connectivity index (χ1v) is 10.5. The monoisotopic (exact) mass is 436 g/mol. The molecule has 0 rings (SSSR count). The summed E-state index contributed by atoms with van der Waals surface area (Å²) in [5.74, 6) is -3.48. The molecule has 29 heavy (non-hydrogen) atoms. The van der Waals surface area contributed by atoms with E-state index < -0.39 is 66.5 Å². The number of hydrogen-bond donors (Lipinski definition) is 7. The van der Waals surface area contributed by atoms with Crippen LogP contribution in [0.2, 0.25) is 0 Å².